The summed E-state index contributed by atoms with van der Waals surface area (Å²) in [6.45, 7) is 8.24. The van der Waals surface area contributed by atoms with Gasteiger partial charge in [-0.15, -0.1) is 0 Å². The van der Waals surface area contributed by atoms with E-state index in [9.17, 15) is 9.90 Å². The van der Waals surface area contributed by atoms with Gasteiger partial charge in [-0.2, -0.15) is 0 Å². The topological polar surface area (TPSA) is 52.6 Å². The van der Waals surface area contributed by atoms with E-state index in [0.717, 1.165) is 18.7 Å². The third-order valence-corrected chi connectivity index (χ3v) is 3.30. The van der Waals surface area contributed by atoms with Gasteiger partial charge in [-0.1, -0.05) is 12.1 Å². The van der Waals surface area contributed by atoms with Gasteiger partial charge in [0.25, 0.3) is 0 Å². The number of nitrogens with zero attached hydrogens (tertiary/aromatic N) is 1. The molecule has 0 aliphatic rings. The van der Waals surface area contributed by atoms with Crippen molar-refractivity contribution in [2.45, 2.75) is 33.2 Å². The fourth-order valence-corrected chi connectivity index (χ4v) is 2.01. The van der Waals surface area contributed by atoms with Gasteiger partial charge in [0.1, 0.15) is 5.75 Å². The number of nitrogens with one attached hydrogen (secondary N) is 1. The molecule has 0 saturated heterocycles. The Balaban J connectivity index is 2.36. The number of rotatable bonds is 7. The Morgan fingerprint density at radius 3 is 2.37 bits per heavy atom. The highest BCUT2D eigenvalue weighted by Crippen LogP contribution is 2.16. The molecule has 106 valence electrons. The highest BCUT2D eigenvalue weighted by atomic mass is 16.3. The second kappa shape index (κ2) is 7.79. The lowest BCUT2D eigenvalue weighted by Crippen LogP contribution is -2.33. The molecule has 0 spiro atoms. The summed E-state index contributed by atoms with van der Waals surface area (Å²) in [6, 6.07) is 7.30. The van der Waals surface area contributed by atoms with Crippen molar-refractivity contribution >= 4 is 5.91 Å². The molecule has 0 aromatic heterocycles. The van der Waals surface area contributed by atoms with E-state index in [4.69, 9.17) is 0 Å². The maximum absolute atomic E-state index is 11.8. The van der Waals surface area contributed by atoms with E-state index in [1.807, 2.05) is 37.8 Å². The van der Waals surface area contributed by atoms with Crippen LogP contribution in [-0.2, 0) is 4.79 Å². The van der Waals surface area contributed by atoms with Crippen LogP contribution in [-0.4, -0.2) is 35.5 Å². The quantitative estimate of drug-likeness (QED) is 0.794. The molecular weight excluding hydrogens is 240 g/mol. The fraction of sp³-hybridized carbons (Fsp3) is 0.533. The van der Waals surface area contributed by atoms with Crippen LogP contribution in [0.4, 0.5) is 0 Å². The van der Waals surface area contributed by atoms with Crippen LogP contribution < -0.4 is 5.32 Å². The highest BCUT2D eigenvalue weighted by Gasteiger charge is 2.10. The monoisotopic (exact) mass is 264 g/mol. The van der Waals surface area contributed by atoms with Crippen LogP contribution in [0.1, 0.15) is 38.8 Å². The number of aromatic hydroxyl groups is 1. The summed E-state index contributed by atoms with van der Waals surface area (Å²) < 4.78 is 0. The molecule has 19 heavy (non-hydrogen) atoms. The number of phenols is 1. The molecule has 1 amide bonds. The van der Waals surface area contributed by atoms with E-state index in [2.05, 4.69) is 5.32 Å². The third kappa shape index (κ3) is 4.91. The van der Waals surface area contributed by atoms with Crippen LogP contribution >= 0.6 is 0 Å². The van der Waals surface area contributed by atoms with E-state index in [0.29, 0.717) is 13.0 Å². The normalized spacial score (nSPS) is 12.2. The maximum atomic E-state index is 11.8. The van der Waals surface area contributed by atoms with Gasteiger partial charge in [0.05, 0.1) is 0 Å². The minimum atomic E-state index is 0.171. The molecule has 0 fully saturated rings. The van der Waals surface area contributed by atoms with E-state index in [1.165, 1.54) is 0 Å². The van der Waals surface area contributed by atoms with Crippen molar-refractivity contribution in [2.75, 3.05) is 19.6 Å². The van der Waals surface area contributed by atoms with E-state index < -0.39 is 0 Å². The number of phenolic OH excluding ortho intramolecular Hbond substituents is 1. The lowest BCUT2D eigenvalue weighted by molar-refractivity contribution is -0.130. The summed E-state index contributed by atoms with van der Waals surface area (Å²) in [6.07, 6.45) is 0.518. The zero-order valence-corrected chi connectivity index (χ0v) is 12.0. The van der Waals surface area contributed by atoms with E-state index >= 15 is 0 Å². The molecular formula is C15H24N2O2. The lowest BCUT2D eigenvalue weighted by atomic mass is 10.1. The van der Waals surface area contributed by atoms with Gasteiger partial charge in [-0.3, -0.25) is 4.79 Å². The Hall–Kier alpha value is -1.55. The van der Waals surface area contributed by atoms with Crippen LogP contribution in [0.3, 0.4) is 0 Å². The molecule has 2 N–H and O–H groups in total. The largest absolute Gasteiger partial charge is 0.508 e. The average Bonchev–Trinajstić information content (AvgIpc) is 2.40. The van der Waals surface area contributed by atoms with Crippen LogP contribution in [0.5, 0.6) is 5.75 Å². The maximum Gasteiger partial charge on any atom is 0.223 e. The molecule has 0 aliphatic carbocycles. The lowest BCUT2D eigenvalue weighted by Gasteiger charge is -2.20. The minimum absolute atomic E-state index is 0.171. The predicted octanol–water partition coefficient (Wildman–Crippen LogP) is 2.30. The summed E-state index contributed by atoms with van der Waals surface area (Å²) >= 11 is 0. The Bertz CT molecular complexity index is 386. The summed E-state index contributed by atoms with van der Waals surface area (Å²) in [4.78, 5) is 13.7. The summed E-state index contributed by atoms with van der Waals surface area (Å²) in [5.41, 5.74) is 1.10. The number of carbonyl (C=O) groups is 1. The molecule has 1 atom stereocenters. The molecule has 0 heterocycles. The number of hydrogen-bond donors (Lipinski definition) is 2. The van der Waals surface area contributed by atoms with Crippen molar-refractivity contribution in [1.82, 2.24) is 10.2 Å². The minimum Gasteiger partial charge on any atom is -0.508 e. The van der Waals surface area contributed by atoms with Crippen LogP contribution in [0.15, 0.2) is 24.3 Å². The molecule has 1 aromatic carbocycles. The first kappa shape index (κ1) is 15.5. The third-order valence-electron chi connectivity index (χ3n) is 3.30. The van der Waals surface area contributed by atoms with Gasteiger partial charge in [0.15, 0.2) is 0 Å². The Morgan fingerprint density at radius 1 is 1.26 bits per heavy atom. The van der Waals surface area contributed by atoms with Gasteiger partial charge >= 0.3 is 0 Å². The van der Waals surface area contributed by atoms with Gasteiger partial charge < -0.3 is 15.3 Å². The Kier molecular flexibility index (Phi) is 6.36. The molecule has 1 aromatic rings. The molecule has 0 radical (unpaired) electrons. The second-order valence-electron chi connectivity index (χ2n) is 4.58. The molecule has 0 aliphatic heterocycles. The van der Waals surface area contributed by atoms with Crippen LogP contribution in [0.25, 0.3) is 0 Å². The summed E-state index contributed by atoms with van der Waals surface area (Å²) in [5.74, 6) is 0.461. The van der Waals surface area contributed by atoms with Crippen molar-refractivity contribution < 1.29 is 9.90 Å². The SMILES string of the molecule is CCN(CC)C(=O)CCNC(C)c1ccc(O)cc1. The fourth-order valence-electron chi connectivity index (χ4n) is 2.01. The van der Waals surface area contributed by atoms with E-state index in [-0.39, 0.29) is 17.7 Å². The van der Waals surface area contributed by atoms with Crippen molar-refractivity contribution in [1.29, 1.82) is 0 Å². The summed E-state index contributed by atoms with van der Waals surface area (Å²) in [7, 11) is 0. The Morgan fingerprint density at radius 2 is 1.84 bits per heavy atom. The first-order chi connectivity index (χ1) is 9.08. The predicted molar refractivity (Wildman–Crippen MR) is 77.1 cm³/mol. The van der Waals surface area contributed by atoms with Crippen molar-refractivity contribution in [3.63, 3.8) is 0 Å². The first-order valence-corrected chi connectivity index (χ1v) is 6.88. The summed E-state index contributed by atoms with van der Waals surface area (Å²) in [5, 5.41) is 12.6. The van der Waals surface area contributed by atoms with E-state index in [1.54, 1.807) is 12.1 Å². The molecule has 1 rings (SSSR count). The zero-order chi connectivity index (χ0) is 14.3. The van der Waals surface area contributed by atoms with Crippen molar-refractivity contribution in [2.24, 2.45) is 0 Å². The number of amides is 1. The Labute approximate surface area is 115 Å². The highest BCUT2D eigenvalue weighted by molar-refractivity contribution is 5.76. The second-order valence-corrected chi connectivity index (χ2v) is 4.58. The number of hydrogen-bond acceptors (Lipinski definition) is 3. The zero-order valence-electron chi connectivity index (χ0n) is 12.0. The standard InChI is InChI=1S/C15H24N2O2/c1-4-17(5-2)15(19)10-11-16-12(3)13-6-8-14(18)9-7-13/h6-9,12,16,18H,4-5,10-11H2,1-3H3. The number of carbonyl (C=O) groups excluding carboxylic acids is 1. The van der Waals surface area contributed by atoms with Gasteiger partial charge in [0.2, 0.25) is 5.91 Å². The van der Waals surface area contributed by atoms with Gasteiger partial charge in [-0.25, -0.2) is 0 Å². The molecule has 0 saturated carbocycles. The molecule has 1 unspecified atom stereocenters. The van der Waals surface area contributed by atoms with Gasteiger partial charge in [0, 0.05) is 32.1 Å². The molecule has 4 heteroatoms. The molecule has 0 bridgehead atoms. The van der Waals surface area contributed by atoms with Crippen molar-refractivity contribution in [3.8, 4) is 5.75 Å². The average molecular weight is 264 g/mol. The van der Waals surface area contributed by atoms with Gasteiger partial charge in [-0.05, 0) is 38.5 Å². The smallest absolute Gasteiger partial charge is 0.223 e. The number of benzene rings is 1. The first-order valence-electron chi connectivity index (χ1n) is 6.88. The van der Waals surface area contributed by atoms with Crippen molar-refractivity contribution in [3.05, 3.63) is 29.8 Å². The molecule has 4 nitrogen and oxygen atoms in total. The van der Waals surface area contributed by atoms with Crippen LogP contribution in [0, 0.1) is 0 Å². The van der Waals surface area contributed by atoms with Crippen LogP contribution in [0.2, 0.25) is 0 Å².